The third-order valence-electron chi connectivity index (χ3n) is 9.68. The lowest BCUT2D eigenvalue weighted by Gasteiger charge is -2.22. The van der Waals surface area contributed by atoms with Crippen molar-refractivity contribution in [3.63, 3.8) is 0 Å². The van der Waals surface area contributed by atoms with Crippen LogP contribution in [0.25, 0.3) is 27.6 Å². The molecular formula is C37H42N12O4. The van der Waals surface area contributed by atoms with Crippen molar-refractivity contribution in [2.24, 2.45) is 0 Å². The third-order valence-corrected chi connectivity index (χ3v) is 9.68. The summed E-state index contributed by atoms with van der Waals surface area (Å²) in [6, 6.07) is 8.64. The van der Waals surface area contributed by atoms with Crippen LogP contribution < -0.4 is 20.9 Å². The number of anilines is 2. The number of hydrogen-bond donors (Lipinski definition) is 2. The van der Waals surface area contributed by atoms with E-state index in [9.17, 15) is 0 Å². The molecule has 0 bridgehead atoms. The minimum atomic E-state index is 0. The van der Waals surface area contributed by atoms with Crippen LogP contribution in [0.3, 0.4) is 0 Å². The molecule has 2 aliphatic carbocycles. The van der Waals surface area contributed by atoms with Crippen LogP contribution in [-0.2, 0) is 9.47 Å². The van der Waals surface area contributed by atoms with Crippen LogP contribution in [0.2, 0.25) is 0 Å². The third kappa shape index (κ3) is 7.19. The molecule has 2 saturated carbocycles. The molecule has 0 radical (unpaired) electrons. The van der Waals surface area contributed by atoms with Crippen molar-refractivity contribution in [2.45, 2.75) is 70.4 Å². The summed E-state index contributed by atoms with van der Waals surface area (Å²) in [4.78, 5) is 25.5. The van der Waals surface area contributed by atoms with Crippen molar-refractivity contribution in [3.05, 3.63) is 66.5 Å². The number of rotatable bonds is 8. The zero-order chi connectivity index (χ0) is 35.0. The topological polar surface area (TPSA) is 202 Å². The van der Waals surface area contributed by atoms with E-state index in [0.29, 0.717) is 76.2 Å². The molecular weight excluding hydrogens is 676 g/mol. The highest BCUT2D eigenvalue weighted by Crippen LogP contribution is 2.42. The van der Waals surface area contributed by atoms with Crippen LogP contribution in [-0.4, -0.2) is 75.9 Å². The van der Waals surface area contributed by atoms with Gasteiger partial charge in [-0.3, -0.25) is 0 Å². The molecule has 6 aromatic rings. The summed E-state index contributed by atoms with van der Waals surface area (Å²) in [5.74, 6) is 3.01. The van der Waals surface area contributed by atoms with Gasteiger partial charge < -0.3 is 30.4 Å². The normalized spacial score (nSPS) is 17.5. The predicted molar refractivity (Wildman–Crippen MR) is 198 cm³/mol. The van der Waals surface area contributed by atoms with Crippen molar-refractivity contribution in [1.29, 1.82) is 0 Å². The van der Waals surface area contributed by atoms with Gasteiger partial charge in [-0.1, -0.05) is 13.5 Å². The van der Waals surface area contributed by atoms with Crippen LogP contribution in [0.5, 0.6) is 23.5 Å². The Morgan fingerprint density at radius 1 is 0.660 bits per heavy atom. The largest absolute Gasteiger partial charge is 0.418 e. The molecule has 0 aromatic carbocycles. The molecule has 0 atom stereocenters. The molecule has 0 spiro atoms. The van der Waals surface area contributed by atoms with Crippen molar-refractivity contribution in [1.82, 2.24) is 49.5 Å². The average molecular weight is 719 g/mol. The Morgan fingerprint density at radius 3 is 1.81 bits per heavy atom. The quantitative estimate of drug-likeness (QED) is 0.180. The number of nitrogen functional groups attached to an aromatic ring is 2. The molecule has 274 valence electrons. The maximum atomic E-state index is 6.07. The highest BCUT2D eigenvalue weighted by atomic mass is 16.5. The molecule has 16 heteroatoms. The SMILES string of the molecule is C.Nc1ncnc2c1c(Oc1cc(C3=CCOCC3)ccn1)nn2C1CC1.Nc1ncnc2c1c(Oc1cc(C3CCOCC3)ccn1)nn2C1CC1. The van der Waals surface area contributed by atoms with Gasteiger partial charge >= 0.3 is 0 Å². The summed E-state index contributed by atoms with van der Waals surface area (Å²) in [6.07, 6.45) is 15.8. The van der Waals surface area contributed by atoms with E-state index in [-0.39, 0.29) is 7.43 Å². The second-order valence-electron chi connectivity index (χ2n) is 13.3. The average Bonchev–Trinajstić information content (AvgIpc) is 4.13. The number of nitrogens with zero attached hydrogens (tertiary/aromatic N) is 10. The molecule has 8 heterocycles. The molecule has 1 saturated heterocycles. The molecule has 0 unspecified atom stereocenters. The van der Waals surface area contributed by atoms with E-state index < -0.39 is 0 Å². The van der Waals surface area contributed by atoms with Gasteiger partial charge in [0.2, 0.25) is 11.8 Å². The number of fused-ring (bicyclic) bond motifs is 2. The Labute approximate surface area is 305 Å². The fraction of sp³-hybridized carbons (Fsp3) is 0.405. The van der Waals surface area contributed by atoms with E-state index in [2.05, 4.69) is 46.2 Å². The number of nitrogens with two attached hydrogens (primary N) is 2. The van der Waals surface area contributed by atoms with Crippen LogP contribution >= 0.6 is 0 Å². The first kappa shape index (κ1) is 34.4. The summed E-state index contributed by atoms with van der Waals surface area (Å²) in [5.41, 5.74) is 17.1. The fourth-order valence-electron chi connectivity index (χ4n) is 6.64. The highest BCUT2D eigenvalue weighted by molar-refractivity contribution is 5.91. The van der Waals surface area contributed by atoms with E-state index in [0.717, 1.165) is 76.0 Å². The lowest BCUT2D eigenvalue weighted by atomic mass is 9.92. The van der Waals surface area contributed by atoms with E-state index in [1.807, 2.05) is 33.6 Å². The molecule has 16 nitrogen and oxygen atoms in total. The van der Waals surface area contributed by atoms with Gasteiger partial charge in [0.15, 0.2) is 11.3 Å². The Bertz CT molecular complexity index is 2270. The van der Waals surface area contributed by atoms with Gasteiger partial charge in [0.05, 0.1) is 25.3 Å². The van der Waals surface area contributed by atoms with E-state index in [4.69, 9.17) is 30.4 Å². The van der Waals surface area contributed by atoms with E-state index in [1.165, 1.54) is 23.8 Å². The van der Waals surface area contributed by atoms with Gasteiger partial charge in [-0.2, -0.15) is 0 Å². The summed E-state index contributed by atoms with van der Waals surface area (Å²) < 4.78 is 26.6. The molecule has 2 aliphatic heterocycles. The van der Waals surface area contributed by atoms with Crippen molar-refractivity contribution in [3.8, 4) is 23.5 Å². The Hall–Kier alpha value is -5.74. The Morgan fingerprint density at radius 2 is 1.25 bits per heavy atom. The fourth-order valence-corrected chi connectivity index (χ4v) is 6.64. The van der Waals surface area contributed by atoms with Gasteiger partial charge in [-0.25, -0.2) is 39.3 Å². The predicted octanol–water partition coefficient (Wildman–Crippen LogP) is 6.20. The van der Waals surface area contributed by atoms with Crippen LogP contribution in [0.4, 0.5) is 11.6 Å². The first-order chi connectivity index (χ1) is 25.6. The molecule has 6 aromatic heterocycles. The monoisotopic (exact) mass is 718 g/mol. The van der Waals surface area contributed by atoms with Crippen molar-refractivity contribution >= 4 is 39.3 Å². The number of hydrogen-bond acceptors (Lipinski definition) is 14. The number of ether oxygens (including phenoxy) is 4. The van der Waals surface area contributed by atoms with Crippen molar-refractivity contribution in [2.75, 3.05) is 37.9 Å². The first-order valence-corrected chi connectivity index (χ1v) is 17.7. The lowest BCUT2D eigenvalue weighted by Crippen LogP contribution is -2.14. The zero-order valence-electron chi connectivity index (χ0n) is 28.5. The molecule has 4 aliphatic rings. The Balaban J connectivity index is 0.000000148. The van der Waals surface area contributed by atoms with Crippen LogP contribution in [0, 0.1) is 0 Å². The standard InChI is InChI=1S/C18H20N6O2.C18H18N6O2.CH4/c2*19-16-15-17(22-10-21-16)24(13-1-2-13)23-18(15)26-14-9-12(3-6-20-14)11-4-7-25-8-5-11;/h3,6,9-11,13H,1-2,4-5,7-8H2,(H2,19,21,22);3-4,6,9-10,13H,1-2,5,7-8H2,(H2,19,21,22);1H4. The lowest BCUT2D eigenvalue weighted by molar-refractivity contribution is 0.0853. The number of pyridine rings is 2. The highest BCUT2D eigenvalue weighted by Gasteiger charge is 2.31. The Kier molecular flexibility index (Phi) is 9.53. The smallest absolute Gasteiger partial charge is 0.253 e. The summed E-state index contributed by atoms with van der Waals surface area (Å²) in [5, 5.41) is 10.5. The van der Waals surface area contributed by atoms with Gasteiger partial charge in [0.25, 0.3) is 11.8 Å². The summed E-state index contributed by atoms with van der Waals surface area (Å²) in [6.45, 7) is 2.97. The van der Waals surface area contributed by atoms with E-state index >= 15 is 0 Å². The maximum absolute atomic E-state index is 6.07. The minimum absolute atomic E-state index is 0. The molecule has 3 fully saturated rings. The van der Waals surface area contributed by atoms with Gasteiger partial charge in [0.1, 0.15) is 35.1 Å². The van der Waals surface area contributed by atoms with Gasteiger partial charge in [-0.05, 0) is 79.7 Å². The number of aromatic nitrogens is 10. The first-order valence-electron chi connectivity index (χ1n) is 17.7. The summed E-state index contributed by atoms with van der Waals surface area (Å²) in [7, 11) is 0. The van der Waals surface area contributed by atoms with Gasteiger partial charge in [-0.15, -0.1) is 10.2 Å². The molecule has 0 amide bonds. The maximum Gasteiger partial charge on any atom is 0.253 e. The van der Waals surface area contributed by atoms with Gasteiger partial charge in [0, 0.05) is 37.7 Å². The zero-order valence-corrected chi connectivity index (χ0v) is 28.5. The van der Waals surface area contributed by atoms with Crippen molar-refractivity contribution < 1.29 is 18.9 Å². The minimum Gasteiger partial charge on any atom is -0.418 e. The second-order valence-corrected chi connectivity index (χ2v) is 13.3. The van der Waals surface area contributed by atoms with Crippen LogP contribution in [0.1, 0.15) is 81.5 Å². The molecule has 10 rings (SSSR count). The van der Waals surface area contributed by atoms with Crippen LogP contribution in [0.15, 0.2) is 55.4 Å². The second kappa shape index (κ2) is 14.7. The molecule has 53 heavy (non-hydrogen) atoms. The molecule has 4 N–H and O–H groups in total. The summed E-state index contributed by atoms with van der Waals surface area (Å²) >= 11 is 0. The van der Waals surface area contributed by atoms with E-state index in [1.54, 1.807) is 12.4 Å².